The van der Waals surface area contributed by atoms with E-state index in [-0.39, 0.29) is 18.6 Å². The van der Waals surface area contributed by atoms with Crippen molar-refractivity contribution in [3.8, 4) is 0 Å². The van der Waals surface area contributed by atoms with Gasteiger partial charge in [-0.05, 0) is 7.05 Å². The van der Waals surface area contributed by atoms with Gasteiger partial charge in [0, 0.05) is 26.2 Å². The van der Waals surface area contributed by atoms with Crippen molar-refractivity contribution in [3.05, 3.63) is 12.7 Å². The zero-order chi connectivity index (χ0) is 14.1. The van der Waals surface area contributed by atoms with Crippen LogP contribution in [0.1, 0.15) is 0 Å². The summed E-state index contributed by atoms with van der Waals surface area (Å²) < 4.78 is 5.54. The summed E-state index contributed by atoms with van der Waals surface area (Å²) in [6.45, 7) is 6.74. The lowest BCUT2D eigenvalue weighted by Crippen LogP contribution is -2.51. The normalized spacial score (nSPS) is 19.7. The topological polar surface area (TPSA) is 82.7 Å². The van der Waals surface area contributed by atoms with Crippen molar-refractivity contribution in [2.75, 3.05) is 46.4 Å². The van der Waals surface area contributed by atoms with Crippen LogP contribution in [-0.4, -0.2) is 69.3 Å². The monoisotopic (exact) mass is 270 g/mol. The van der Waals surface area contributed by atoms with Crippen LogP contribution >= 0.6 is 0 Å². The maximum Gasteiger partial charge on any atom is 0.321 e. The number of likely N-dealkylation sites (N-methyl/N-ethyl adjacent to an activating group) is 1. The highest BCUT2D eigenvalue weighted by molar-refractivity contribution is 5.95. The SMILES string of the molecule is C=CCNC(=O)NC(=O)CN1CCOC(CNC)C1. The van der Waals surface area contributed by atoms with Gasteiger partial charge in [-0.1, -0.05) is 6.08 Å². The smallest absolute Gasteiger partial charge is 0.321 e. The fourth-order valence-corrected chi connectivity index (χ4v) is 1.85. The van der Waals surface area contributed by atoms with E-state index in [4.69, 9.17) is 4.74 Å². The molecule has 7 nitrogen and oxygen atoms in total. The van der Waals surface area contributed by atoms with Crippen LogP contribution < -0.4 is 16.0 Å². The average Bonchev–Trinajstić information content (AvgIpc) is 2.37. The number of rotatable bonds is 6. The lowest BCUT2D eigenvalue weighted by atomic mass is 10.2. The molecule has 1 rings (SSSR count). The minimum atomic E-state index is -0.495. The third-order valence-electron chi connectivity index (χ3n) is 2.68. The molecule has 0 aliphatic carbocycles. The van der Waals surface area contributed by atoms with E-state index in [0.29, 0.717) is 26.2 Å². The number of hydrogen-bond donors (Lipinski definition) is 3. The van der Waals surface area contributed by atoms with Crippen molar-refractivity contribution in [2.24, 2.45) is 0 Å². The zero-order valence-electron chi connectivity index (χ0n) is 11.3. The Labute approximate surface area is 113 Å². The number of morpholine rings is 1. The molecule has 1 heterocycles. The van der Waals surface area contributed by atoms with Crippen LogP contribution in [-0.2, 0) is 9.53 Å². The van der Waals surface area contributed by atoms with Crippen LogP contribution in [0.15, 0.2) is 12.7 Å². The minimum Gasteiger partial charge on any atom is -0.374 e. The van der Waals surface area contributed by atoms with Crippen molar-refractivity contribution in [3.63, 3.8) is 0 Å². The summed E-state index contributed by atoms with van der Waals surface area (Å²) in [6.07, 6.45) is 1.63. The first-order chi connectivity index (χ1) is 9.15. The van der Waals surface area contributed by atoms with Crippen molar-refractivity contribution in [1.82, 2.24) is 20.9 Å². The molecule has 0 saturated carbocycles. The van der Waals surface area contributed by atoms with Crippen molar-refractivity contribution in [1.29, 1.82) is 0 Å². The minimum absolute atomic E-state index is 0.0844. The maximum atomic E-state index is 11.7. The molecule has 7 heteroatoms. The summed E-state index contributed by atoms with van der Waals surface area (Å²) in [6, 6.07) is -0.495. The third-order valence-corrected chi connectivity index (χ3v) is 2.68. The van der Waals surface area contributed by atoms with E-state index >= 15 is 0 Å². The van der Waals surface area contributed by atoms with Crippen LogP contribution in [0.25, 0.3) is 0 Å². The standard InChI is InChI=1S/C12H22N4O3/c1-3-4-14-12(18)15-11(17)9-16-5-6-19-10(8-16)7-13-2/h3,10,13H,1,4-9H2,2H3,(H2,14,15,17,18). The number of nitrogens with one attached hydrogen (secondary N) is 3. The predicted octanol–water partition coefficient (Wildman–Crippen LogP) is -1.08. The number of carbonyl (C=O) groups excluding carboxylic acids is 2. The second-order valence-corrected chi connectivity index (χ2v) is 4.33. The molecule has 0 aromatic heterocycles. The first kappa shape index (κ1) is 15.6. The van der Waals surface area contributed by atoms with E-state index in [9.17, 15) is 9.59 Å². The Balaban J connectivity index is 2.27. The van der Waals surface area contributed by atoms with Gasteiger partial charge < -0.3 is 15.4 Å². The maximum absolute atomic E-state index is 11.7. The highest BCUT2D eigenvalue weighted by atomic mass is 16.5. The van der Waals surface area contributed by atoms with Gasteiger partial charge in [0.25, 0.3) is 0 Å². The summed E-state index contributed by atoms with van der Waals surface area (Å²) in [7, 11) is 1.86. The summed E-state index contributed by atoms with van der Waals surface area (Å²) in [5.74, 6) is -0.313. The first-order valence-electron chi connectivity index (χ1n) is 6.32. The average molecular weight is 270 g/mol. The molecule has 3 amide bonds. The quantitative estimate of drug-likeness (QED) is 0.535. The second-order valence-electron chi connectivity index (χ2n) is 4.33. The van der Waals surface area contributed by atoms with E-state index in [1.54, 1.807) is 6.08 Å². The Bertz CT molecular complexity index is 320. The van der Waals surface area contributed by atoms with Crippen molar-refractivity contribution >= 4 is 11.9 Å². The molecule has 0 bridgehead atoms. The van der Waals surface area contributed by atoms with Gasteiger partial charge in [0.05, 0.1) is 19.3 Å². The number of urea groups is 1. The van der Waals surface area contributed by atoms with Gasteiger partial charge in [0.2, 0.25) is 5.91 Å². The van der Waals surface area contributed by atoms with Crippen molar-refractivity contribution < 1.29 is 14.3 Å². The molecule has 0 aromatic carbocycles. The van der Waals surface area contributed by atoms with Crippen molar-refractivity contribution in [2.45, 2.75) is 6.10 Å². The number of imide groups is 1. The van der Waals surface area contributed by atoms with E-state index < -0.39 is 6.03 Å². The van der Waals surface area contributed by atoms with E-state index in [1.165, 1.54) is 0 Å². The Morgan fingerprint density at radius 2 is 2.32 bits per heavy atom. The highest BCUT2D eigenvalue weighted by Crippen LogP contribution is 2.03. The van der Waals surface area contributed by atoms with Crippen LogP contribution in [0.4, 0.5) is 4.79 Å². The molecule has 1 aliphatic rings. The summed E-state index contributed by atoms with van der Waals surface area (Å²) in [5.41, 5.74) is 0. The molecule has 1 atom stereocenters. The van der Waals surface area contributed by atoms with E-state index in [2.05, 4.69) is 22.5 Å². The van der Waals surface area contributed by atoms with Gasteiger partial charge in [-0.15, -0.1) is 6.58 Å². The van der Waals surface area contributed by atoms with Gasteiger partial charge in [0.15, 0.2) is 0 Å². The first-order valence-corrected chi connectivity index (χ1v) is 6.32. The molecular weight excluding hydrogens is 248 g/mol. The lowest BCUT2D eigenvalue weighted by Gasteiger charge is -2.32. The highest BCUT2D eigenvalue weighted by Gasteiger charge is 2.22. The fourth-order valence-electron chi connectivity index (χ4n) is 1.85. The van der Waals surface area contributed by atoms with Gasteiger partial charge in [-0.3, -0.25) is 15.0 Å². The summed E-state index contributed by atoms with van der Waals surface area (Å²) >= 11 is 0. The van der Waals surface area contributed by atoms with Gasteiger partial charge in [-0.2, -0.15) is 0 Å². The Kier molecular flexibility index (Phi) is 7.09. The van der Waals surface area contributed by atoms with E-state index in [1.807, 2.05) is 11.9 Å². The van der Waals surface area contributed by atoms with Crippen LogP contribution in [0.2, 0.25) is 0 Å². The van der Waals surface area contributed by atoms with Crippen LogP contribution in [0, 0.1) is 0 Å². The lowest BCUT2D eigenvalue weighted by molar-refractivity contribution is -0.123. The zero-order valence-corrected chi connectivity index (χ0v) is 11.3. The number of ether oxygens (including phenoxy) is 1. The van der Waals surface area contributed by atoms with Gasteiger partial charge in [0.1, 0.15) is 0 Å². The fraction of sp³-hybridized carbons (Fsp3) is 0.667. The number of amides is 3. The van der Waals surface area contributed by atoms with Gasteiger partial charge in [-0.25, -0.2) is 4.79 Å². The molecule has 0 spiro atoms. The second kappa shape index (κ2) is 8.63. The third kappa shape index (κ3) is 6.32. The Hall–Kier alpha value is -1.44. The molecule has 108 valence electrons. The molecule has 1 fully saturated rings. The number of nitrogens with zero attached hydrogens (tertiary/aromatic N) is 1. The molecule has 0 aromatic rings. The Morgan fingerprint density at radius 1 is 1.53 bits per heavy atom. The molecule has 1 aliphatic heterocycles. The molecule has 1 saturated heterocycles. The number of hydrogen-bond acceptors (Lipinski definition) is 5. The number of carbonyl (C=O) groups is 2. The summed E-state index contributed by atoms with van der Waals surface area (Å²) in [5, 5.41) is 7.80. The van der Waals surface area contributed by atoms with Gasteiger partial charge >= 0.3 is 6.03 Å². The van der Waals surface area contributed by atoms with E-state index in [0.717, 1.165) is 6.54 Å². The molecule has 19 heavy (non-hydrogen) atoms. The Morgan fingerprint density at radius 3 is 3.00 bits per heavy atom. The summed E-state index contributed by atoms with van der Waals surface area (Å²) in [4.78, 5) is 24.9. The van der Waals surface area contributed by atoms with Crippen LogP contribution in [0.5, 0.6) is 0 Å². The molecule has 3 N–H and O–H groups in total. The molecular formula is C12H22N4O3. The molecule has 1 unspecified atom stereocenters. The predicted molar refractivity (Wildman–Crippen MR) is 71.8 cm³/mol. The largest absolute Gasteiger partial charge is 0.374 e. The van der Waals surface area contributed by atoms with Crippen LogP contribution in [0.3, 0.4) is 0 Å². The molecule has 0 radical (unpaired) electrons.